The average molecular weight is 548 g/mol. The minimum absolute atomic E-state index is 0.579. The van der Waals surface area contributed by atoms with Gasteiger partial charge in [0, 0.05) is 26.2 Å². The normalized spacial score (nSPS) is 8.04. The zero-order valence-electron chi connectivity index (χ0n) is 15.4. The van der Waals surface area contributed by atoms with Gasteiger partial charge in [0.25, 0.3) is 0 Å². The van der Waals surface area contributed by atoms with E-state index in [2.05, 4.69) is 26.6 Å². The second-order valence-electron chi connectivity index (χ2n) is 4.30. The molecule has 0 aromatic heterocycles. The maximum Gasteiger partial charge on any atom is -1.00 e. The van der Waals surface area contributed by atoms with E-state index in [9.17, 15) is 0 Å². The molecule has 26 heavy (non-hydrogen) atoms. The Morgan fingerprint density at radius 2 is 1.15 bits per heavy atom. The SMILES string of the molecule is CCN(CC)C(=S)[S-].CCN(CC)C(=S)[S-].[Mo]#[N+]c1ccccc1.[S-][S-]. The monoisotopic (exact) mass is 549 g/mol. The fourth-order valence-corrected chi connectivity index (χ4v) is 2.78. The molecule has 0 aliphatic rings. The van der Waals surface area contributed by atoms with Crippen molar-refractivity contribution >= 4 is 87.3 Å². The molecule has 0 saturated heterocycles. The van der Waals surface area contributed by atoms with Gasteiger partial charge in [0.1, 0.15) is 0 Å². The summed E-state index contributed by atoms with van der Waals surface area (Å²) >= 11 is 28.1. The van der Waals surface area contributed by atoms with E-state index in [-0.39, 0.29) is 0 Å². The molecule has 0 amide bonds. The minimum Gasteiger partial charge on any atom is -1.00 e. The van der Waals surface area contributed by atoms with Crippen molar-refractivity contribution in [3.63, 3.8) is 0 Å². The molecule has 0 atom stereocenters. The van der Waals surface area contributed by atoms with Gasteiger partial charge in [0.2, 0.25) is 0 Å². The smallest absolute Gasteiger partial charge is 1.00 e. The summed E-state index contributed by atoms with van der Waals surface area (Å²) in [5.41, 5.74) is 1.04. The first-order valence-corrected chi connectivity index (χ1v) is 11.7. The van der Waals surface area contributed by atoms with Crippen LogP contribution >= 0.6 is 24.4 Å². The van der Waals surface area contributed by atoms with Crippen molar-refractivity contribution in [2.24, 2.45) is 0 Å². The Bertz CT molecular complexity index is 480. The fourth-order valence-electron chi connectivity index (χ4n) is 1.45. The van der Waals surface area contributed by atoms with E-state index in [1.807, 2.05) is 67.8 Å². The minimum atomic E-state index is 0.579. The number of benzene rings is 1. The molecule has 3 nitrogen and oxygen atoms in total. The Hall–Kier alpha value is 0.538. The maximum atomic E-state index is 4.76. The summed E-state index contributed by atoms with van der Waals surface area (Å²) < 4.78 is 5.14. The van der Waals surface area contributed by atoms with E-state index in [1.165, 1.54) is 0 Å². The molecule has 1 aromatic rings. The number of rotatable bonds is 4. The van der Waals surface area contributed by atoms with E-state index in [0.717, 1.165) is 31.9 Å². The second-order valence-corrected chi connectivity index (χ2v) is 6.82. The van der Waals surface area contributed by atoms with Gasteiger partial charge in [-0.15, -0.1) is 0 Å². The molecular formula is C16H25MoN3S6-3. The quantitative estimate of drug-likeness (QED) is 0.234. The Morgan fingerprint density at radius 3 is 1.27 bits per heavy atom. The number of hydrogen-bond donors (Lipinski definition) is 0. The molecule has 1 aromatic carbocycles. The maximum absolute atomic E-state index is 4.76. The van der Waals surface area contributed by atoms with Gasteiger partial charge in [-0.05, 0) is 27.7 Å². The van der Waals surface area contributed by atoms with E-state index < -0.39 is 0 Å². The molecule has 0 fully saturated rings. The van der Waals surface area contributed by atoms with Gasteiger partial charge in [-0.25, -0.2) is 0 Å². The Kier molecular flexibility index (Phi) is 28.3. The summed E-state index contributed by atoms with van der Waals surface area (Å²) in [6.45, 7) is 11.9. The molecule has 0 aliphatic carbocycles. The van der Waals surface area contributed by atoms with Crippen LogP contribution in [-0.4, -0.2) is 44.6 Å². The first-order chi connectivity index (χ1) is 12.4. The van der Waals surface area contributed by atoms with Gasteiger partial charge in [-0.1, -0.05) is 8.64 Å². The molecule has 0 unspecified atom stereocenters. The van der Waals surface area contributed by atoms with Gasteiger partial charge in [-0.3, -0.25) is 0 Å². The van der Waals surface area contributed by atoms with Crippen LogP contribution in [0.3, 0.4) is 0 Å². The Labute approximate surface area is 202 Å². The van der Waals surface area contributed by atoms with Gasteiger partial charge in [0.15, 0.2) is 0 Å². The van der Waals surface area contributed by atoms with Crippen LogP contribution in [0.4, 0.5) is 5.69 Å². The Morgan fingerprint density at radius 1 is 0.846 bits per heavy atom. The van der Waals surface area contributed by atoms with Crippen molar-refractivity contribution < 1.29 is 19.4 Å². The van der Waals surface area contributed by atoms with Crippen LogP contribution in [0.1, 0.15) is 27.7 Å². The fraction of sp³-hybridized carbons (Fsp3) is 0.500. The summed E-state index contributed by atoms with van der Waals surface area (Å²) in [5.74, 6) is 0. The third-order valence-electron chi connectivity index (χ3n) is 2.90. The van der Waals surface area contributed by atoms with Crippen LogP contribution < -0.4 is 0 Å². The molecule has 149 valence electrons. The predicted molar refractivity (Wildman–Crippen MR) is 130 cm³/mol. The van der Waals surface area contributed by atoms with Crippen molar-refractivity contribution in [3.8, 4) is 0 Å². The molecule has 1 rings (SSSR count). The Balaban J connectivity index is -0.000000291. The van der Waals surface area contributed by atoms with Crippen molar-refractivity contribution in [2.75, 3.05) is 26.2 Å². The average Bonchev–Trinajstić information content (AvgIpc) is 2.66. The molecule has 0 bridgehead atoms. The van der Waals surface area contributed by atoms with Crippen molar-refractivity contribution in [2.45, 2.75) is 27.7 Å². The van der Waals surface area contributed by atoms with Gasteiger partial charge < -0.3 is 82.8 Å². The topological polar surface area (TPSA) is 10.8 Å². The van der Waals surface area contributed by atoms with Crippen LogP contribution in [0.15, 0.2) is 30.3 Å². The standard InChI is InChI=1S/C6H5N.2C5H11NS2.Mo.S2/c7-6-4-2-1-3-5-6;2*1-3-6(4-2)5(7)8;;1-2/h1-5H;2*3-4H2,1-2H3,(H,7,8);;/q+1;;;;-2/p-2. The zero-order chi connectivity index (χ0) is 21.0. The van der Waals surface area contributed by atoms with Crippen molar-refractivity contribution in [1.29, 1.82) is 0 Å². The second kappa shape index (κ2) is 23.6. The summed E-state index contributed by atoms with van der Waals surface area (Å²) in [4.78, 5) is 3.93. The number of nitrogens with zero attached hydrogens (tertiary/aromatic N) is 3. The third kappa shape index (κ3) is 19.3. The van der Waals surface area contributed by atoms with Crippen molar-refractivity contribution in [1.82, 2.24) is 9.80 Å². The van der Waals surface area contributed by atoms with E-state index in [4.69, 9.17) is 49.7 Å². The van der Waals surface area contributed by atoms with Crippen LogP contribution in [0.2, 0.25) is 0 Å². The van der Waals surface area contributed by atoms with E-state index in [0.29, 0.717) is 8.64 Å². The van der Waals surface area contributed by atoms with Gasteiger partial charge in [0.05, 0.1) is 0 Å². The molecule has 0 aliphatic heterocycles. The molecular weight excluding hydrogens is 523 g/mol. The molecule has 10 heteroatoms. The summed E-state index contributed by atoms with van der Waals surface area (Å²) in [5, 5.41) is 0. The molecule has 0 spiro atoms. The molecule has 0 saturated carbocycles. The zero-order valence-corrected chi connectivity index (χ0v) is 22.3. The van der Waals surface area contributed by atoms with Crippen LogP contribution in [0.5, 0.6) is 0 Å². The third-order valence-corrected chi connectivity index (χ3v) is 4.46. The van der Waals surface area contributed by atoms with Crippen LogP contribution in [-0.2, 0) is 68.0 Å². The summed E-state index contributed by atoms with van der Waals surface area (Å²) in [7, 11) is 0. The summed E-state index contributed by atoms with van der Waals surface area (Å²) in [6.07, 6.45) is 0. The molecule has 0 heterocycles. The van der Waals surface area contributed by atoms with Crippen LogP contribution in [0.25, 0.3) is 3.31 Å². The van der Waals surface area contributed by atoms with E-state index in [1.54, 1.807) is 19.4 Å². The van der Waals surface area contributed by atoms with Crippen molar-refractivity contribution in [3.05, 3.63) is 33.6 Å². The first-order valence-electron chi connectivity index (χ1n) is 7.84. The first kappa shape index (κ1) is 31.2. The summed E-state index contributed by atoms with van der Waals surface area (Å²) in [6, 6.07) is 9.88. The number of hydrogen-bond acceptors (Lipinski definition) is 6. The molecule has 0 radical (unpaired) electrons. The van der Waals surface area contributed by atoms with Crippen LogP contribution in [0, 0.1) is 0 Å². The largest absolute Gasteiger partial charge is 1.00 e. The molecule has 0 N–H and O–H groups in total. The van der Waals surface area contributed by atoms with Gasteiger partial charge >= 0.3 is 58.8 Å². The van der Waals surface area contributed by atoms with E-state index >= 15 is 0 Å². The predicted octanol–water partition coefficient (Wildman–Crippen LogP) is 4.47. The number of thiocarbonyl (C=S) groups is 2. The van der Waals surface area contributed by atoms with Gasteiger partial charge in [-0.2, -0.15) is 0 Å².